The van der Waals surface area contributed by atoms with Gasteiger partial charge in [0.05, 0.1) is 17.9 Å². The Morgan fingerprint density at radius 3 is 2.65 bits per heavy atom. The number of sulfone groups is 1. The first-order valence-electron chi connectivity index (χ1n) is 5.34. The topological polar surface area (TPSA) is 71.4 Å². The predicted molar refractivity (Wildman–Crippen MR) is 65.7 cm³/mol. The van der Waals surface area contributed by atoms with Crippen molar-refractivity contribution < 1.29 is 18.3 Å². The minimum Gasteiger partial charge on any atom is -0.481 e. The van der Waals surface area contributed by atoms with Crippen molar-refractivity contribution in [2.75, 3.05) is 5.75 Å². The fourth-order valence-electron chi connectivity index (χ4n) is 2.02. The molecule has 0 bridgehead atoms. The Morgan fingerprint density at radius 1 is 1.47 bits per heavy atom. The summed E-state index contributed by atoms with van der Waals surface area (Å²) >= 11 is 1.47. The van der Waals surface area contributed by atoms with E-state index in [4.69, 9.17) is 5.11 Å². The Kier molecular flexibility index (Phi) is 3.27. The van der Waals surface area contributed by atoms with Crippen LogP contribution in [0.15, 0.2) is 16.8 Å². The first-order chi connectivity index (χ1) is 7.91. The number of carbonyl (C=O) groups is 1. The molecule has 1 aromatic heterocycles. The summed E-state index contributed by atoms with van der Waals surface area (Å²) in [7, 11) is -3.20. The minimum atomic E-state index is -3.20. The van der Waals surface area contributed by atoms with Crippen molar-refractivity contribution in [3.63, 3.8) is 0 Å². The summed E-state index contributed by atoms with van der Waals surface area (Å²) in [5.74, 6) is -0.881. The lowest BCUT2D eigenvalue weighted by atomic mass is 10.1. The highest BCUT2D eigenvalue weighted by atomic mass is 32.2. The molecule has 1 aliphatic carbocycles. The Bertz CT molecular complexity index is 498. The van der Waals surface area contributed by atoms with E-state index >= 15 is 0 Å². The molecular formula is C11H14O4S2. The molecule has 1 fully saturated rings. The molecule has 6 heteroatoms. The average molecular weight is 274 g/mol. The highest BCUT2D eigenvalue weighted by molar-refractivity contribution is 7.90. The van der Waals surface area contributed by atoms with Crippen LogP contribution >= 0.6 is 11.3 Å². The maximum absolute atomic E-state index is 11.9. The van der Waals surface area contributed by atoms with Crippen molar-refractivity contribution in [3.05, 3.63) is 22.4 Å². The van der Waals surface area contributed by atoms with Gasteiger partial charge in [-0.2, -0.15) is 11.3 Å². The van der Waals surface area contributed by atoms with E-state index in [2.05, 4.69) is 0 Å². The van der Waals surface area contributed by atoms with Gasteiger partial charge in [0.25, 0.3) is 0 Å². The third-order valence-corrected chi connectivity index (χ3v) is 5.53. The van der Waals surface area contributed by atoms with Crippen LogP contribution in [0, 0.1) is 5.41 Å². The molecule has 0 spiro atoms. The summed E-state index contributed by atoms with van der Waals surface area (Å²) in [6, 6.07) is 1.79. The Hall–Kier alpha value is -0.880. The van der Waals surface area contributed by atoms with E-state index in [9.17, 15) is 13.2 Å². The molecule has 1 saturated carbocycles. The zero-order valence-electron chi connectivity index (χ0n) is 9.26. The van der Waals surface area contributed by atoms with Gasteiger partial charge in [0.15, 0.2) is 9.84 Å². The molecule has 1 aliphatic rings. The second-order valence-electron chi connectivity index (χ2n) is 4.73. The monoisotopic (exact) mass is 274 g/mol. The van der Waals surface area contributed by atoms with Crippen LogP contribution in [0.4, 0.5) is 0 Å². The molecule has 0 aromatic carbocycles. The third kappa shape index (κ3) is 3.54. The second kappa shape index (κ2) is 4.42. The first kappa shape index (κ1) is 12.6. The van der Waals surface area contributed by atoms with Gasteiger partial charge in [0.2, 0.25) is 0 Å². The lowest BCUT2D eigenvalue weighted by Gasteiger charge is -2.12. The molecular weight excluding hydrogens is 260 g/mol. The van der Waals surface area contributed by atoms with Crippen LogP contribution in [0.3, 0.4) is 0 Å². The normalized spacial score (nSPS) is 17.9. The van der Waals surface area contributed by atoms with Crippen molar-refractivity contribution in [1.82, 2.24) is 0 Å². The van der Waals surface area contributed by atoms with Gasteiger partial charge in [0.1, 0.15) is 0 Å². The molecule has 0 unspecified atom stereocenters. The van der Waals surface area contributed by atoms with Crippen LogP contribution in [-0.2, 0) is 20.4 Å². The van der Waals surface area contributed by atoms with E-state index < -0.39 is 21.2 Å². The lowest BCUT2D eigenvalue weighted by Crippen LogP contribution is -2.21. The highest BCUT2D eigenvalue weighted by Gasteiger charge is 2.47. The van der Waals surface area contributed by atoms with Gasteiger partial charge in [-0.05, 0) is 40.6 Å². The predicted octanol–water partition coefficient (Wildman–Crippen LogP) is 1.92. The van der Waals surface area contributed by atoms with Gasteiger partial charge in [-0.1, -0.05) is 0 Å². The summed E-state index contributed by atoms with van der Waals surface area (Å²) in [4.78, 5) is 10.7. The maximum atomic E-state index is 11.9. The smallest absolute Gasteiger partial charge is 0.303 e. The quantitative estimate of drug-likeness (QED) is 0.860. The van der Waals surface area contributed by atoms with Crippen LogP contribution < -0.4 is 0 Å². The summed E-state index contributed by atoms with van der Waals surface area (Å²) in [5.41, 5.74) is 0.307. The second-order valence-corrected chi connectivity index (χ2v) is 7.58. The van der Waals surface area contributed by atoms with Crippen LogP contribution in [0.1, 0.15) is 24.8 Å². The maximum Gasteiger partial charge on any atom is 0.303 e. The van der Waals surface area contributed by atoms with Crippen LogP contribution in [-0.4, -0.2) is 25.2 Å². The molecule has 2 rings (SSSR count). The van der Waals surface area contributed by atoms with Crippen molar-refractivity contribution >= 4 is 27.1 Å². The summed E-state index contributed by atoms with van der Waals surface area (Å²) in [6.45, 7) is 0. The fraction of sp³-hybridized carbons (Fsp3) is 0.545. The van der Waals surface area contributed by atoms with E-state index in [1.54, 1.807) is 6.07 Å². The Balaban J connectivity index is 2.00. The minimum absolute atomic E-state index is 0.00213. The summed E-state index contributed by atoms with van der Waals surface area (Å²) in [5, 5.41) is 12.4. The largest absolute Gasteiger partial charge is 0.481 e. The molecule has 0 aliphatic heterocycles. The van der Waals surface area contributed by atoms with Crippen LogP contribution in [0.2, 0.25) is 0 Å². The number of rotatable bonds is 6. The lowest BCUT2D eigenvalue weighted by molar-refractivity contribution is -0.138. The fourth-order valence-corrected chi connectivity index (χ4v) is 4.90. The van der Waals surface area contributed by atoms with Gasteiger partial charge in [-0.25, -0.2) is 8.42 Å². The first-order valence-corrected chi connectivity index (χ1v) is 8.11. The number of aliphatic carboxylic acids is 1. The molecule has 0 atom stereocenters. The van der Waals surface area contributed by atoms with Gasteiger partial charge in [0, 0.05) is 0 Å². The standard InChI is InChI=1S/C11H14O4S2/c12-10(13)5-11(2-3-11)8-17(14,15)7-9-1-4-16-6-9/h1,4,6H,2-3,5,7-8H2,(H,12,13). The molecule has 1 aromatic rings. The van der Waals surface area contributed by atoms with Crippen LogP contribution in [0.25, 0.3) is 0 Å². The summed E-state index contributed by atoms with van der Waals surface area (Å²) < 4.78 is 23.9. The van der Waals surface area contributed by atoms with Crippen molar-refractivity contribution in [2.45, 2.75) is 25.0 Å². The molecule has 0 radical (unpaired) electrons. The number of thiophene rings is 1. The zero-order valence-corrected chi connectivity index (χ0v) is 10.9. The molecule has 0 saturated heterocycles. The Labute approximate surface area is 104 Å². The van der Waals surface area contributed by atoms with E-state index in [0.29, 0.717) is 12.8 Å². The van der Waals surface area contributed by atoms with Crippen molar-refractivity contribution in [1.29, 1.82) is 0 Å². The van der Waals surface area contributed by atoms with Gasteiger partial charge in [-0.15, -0.1) is 0 Å². The van der Waals surface area contributed by atoms with Gasteiger partial charge in [-0.3, -0.25) is 4.79 Å². The third-order valence-electron chi connectivity index (χ3n) is 2.98. The van der Waals surface area contributed by atoms with E-state index in [0.717, 1.165) is 5.56 Å². The number of hydrogen-bond donors (Lipinski definition) is 1. The Morgan fingerprint density at radius 2 is 2.18 bits per heavy atom. The summed E-state index contributed by atoms with van der Waals surface area (Å²) in [6.07, 6.45) is 1.39. The van der Waals surface area contributed by atoms with E-state index in [-0.39, 0.29) is 17.9 Å². The highest BCUT2D eigenvalue weighted by Crippen LogP contribution is 2.50. The molecule has 4 nitrogen and oxygen atoms in total. The number of carboxylic acid groups (broad SMARTS) is 1. The molecule has 94 valence electrons. The number of carboxylic acids is 1. The number of hydrogen-bond acceptors (Lipinski definition) is 4. The van der Waals surface area contributed by atoms with E-state index in [1.807, 2.05) is 10.8 Å². The SMILES string of the molecule is O=C(O)CC1(CS(=O)(=O)Cc2ccsc2)CC1. The van der Waals surface area contributed by atoms with Crippen LogP contribution in [0.5, 0.6) is 0 Å². The van der Waals surface area contributed by atoms with Gasteiger partial charge < -0.3 is 5.11 Å². The van der Waals surface area contributed by atoms with Crippen molar-refractivity contribution in [2.24, 2.45) is 5.41 Å². The molecule has 0 amide bonds. The van der Waals surface area contributed by atoms with Gasteiger partial charge >= 0.3 is 5.97 Å². The van der Waals surface area contributed by atoms with Crippen molar-refractivity contribution in [3.8, 4) is 0 Å². The van der Waals surface area contributed by atoms with E-state index in [1.165, 1.54) is 11.3 Å². The molecule has 17 heavy (non-hydrogen) atoms. The molecule has 1 heterocycles. The average Bonchev–Trinajstić information content (AvgIpc) is 2.72. The zero-order chi connectivity index (χ0) is 12.5. The molecule has 1 N–H and O–H groups in total.